The van der Waals surface area contributed by atoms with Gasteiger partial charge in [-0.05, 0) is 44.1 Å². The Morgan fingerprint density at radius 1 is 1.15 bits per heavy atom. The molecule has 1 saturated heterocycles. The molecule has 2 heterocycles. The predicted molar refractivity (Wildman–Crippen MR) is 105 cm³/mol. The number of aromatic nitrogens is 2. The van der Waals surface area contributed by atoms with Gasteiger partial charge in [0.2, 0.25) is 0 Å². The van der Waals surface area contributed by atoms with E-state index in [4.69, 9.17) is 4.74 Å². The van der Waals surface area contributed by atoms with Gasteiger partial charge < -0.3 is 10.1 Å². The molecule has 1 atom stereocenters. The van der Waals surface area contributed by atoms with Crippen LogP contribution in [0.5, 0.6) is 6.01 Å². The lowest BCUT2D eigenvalue weighted by Crippen LogP contribution is -2.36. The van der Waals surface area contributed by atoms with Gasteiger partial charge in [0.25, 0.3) is 0 Å². The summed E-state index contributed by atoms with van der Waals surface area (Å²) in [6.07, 6.45) is 1.81. The summed E-state index contributed by atoms with van der Waals surface area (Å²) in [6, 6.07) is 17.7. The minimum Gasteiger partial charge on any atom is -0.390 e. The first kappa shape index (κ1) is 17.4. The second-order valence-corrected chi connectivity index (χ2v) is 6.77. The lowest BCUT2D eigenvalue weighted by molar-refractivity contribution is -0.139. The van der Waals surface area contributed by atoms with E-state index in [2.05, 4.69) is 15.3 Å². The predicted octanol–water partition coefficient (Wildman–Crippen LogP) is 3.24. The molecule has 138 valence electrons. The minimum absolute atomic E-state index is 0.0922. The van der Waals surface area contributed by atoms with Gasteiger partial charge in [0, 0.05) is 11.9 Å². The first-order valence-electron chi connectivity index (χ1n) is 9.17. The normalized spacial score (nSPS) is 17.1. The molecule has 1 aliphatic heterocycles. The monoisotopic (exact) mass is 362 g/mol. The number of carbonyl (C=O) groups is 1. The quantitative estimate of drug-likeness (QED) is 0.703. The van der Waals surface area contributed by atoms with Gasteiger partial charge >= 0.3 is 12.0 Å². The number of likely N-dealkylation sites (N-methyl/N-ethyl adjacent to an activating group) is 1. The van der Waals surface area contributed by atoms with Crippen molar-refractivity contribution < 1.29 is 9.53 Å². The number of hydrogen-bond acceptors (Lipinski definition) is 6. The summed E-state index contributed by atoms with van der Waals surface area (Å²) in [4.78, 5) is 23.4. The molecule has 0 amide bonds. The molecule has 0 aliphatic carbocycles. The molecule has 0 unspecified atom stereocenters. The number of carbonyl (C=O) groups excluding carboxylic acids is 1. The molecule has 1 aromatic heterocycles. The zero-order valence-corrected chi connectivity index (χ0v) is 15.3. The van der Waals surface area contributed by atoms with E-state index in [1.165, 1.54) is 0 Å². The van der Waals surface area contributed by atoms with E-state index >= 15 is 0 Å². The maximum absolute atomic E-state index is 12.5. The molecule has 3 aromatic rings. The van der Waals surface area contributed by atoms with Crippen LogP contribution in [0.4, 0.5) is 5.82 Å². The largest absolute Gasteiger partial charge is 0.390 e. The summed E-state index contributed by atoms with van der Waals surface area (Å²) in [5.41, 5.74) is 1.89. The topological polar surface area (TPSA) is 67.4 Å². The van der Waals surface area contributed by atoms with Gasteiger partial charge in [-0.15, -0.1) is 0 Å². The highest BCUT2D eigenvalue weighted by atomic mass is 16.5. The molecule has 27 heavy (non-hydrogen) atoms. The molecule has 1 aliphatic rings. The van der Waals surface area contributed by atoms with Crippen LogP contribution in [0.15, 0.2) is 54.6 Å². The fourth-order valence-electron chi connectivity index (χ4n) is 3.38. The summed E-state index contributed by atoms with van der Waals surface area (Å²) in [7, 11) is 1.94. The fourth-order valence-corrected chi connectivity index (χ4v) is 3.38. The van der Waals surface area contributed by atoms with E-state index in [1.54, 1.807) is 0 Å². The maximum atomic E-state index is 12.5. The van der Waals surface area contributed by atoms with Gasteiger partial charge in [0.15, 0.2) is 0 Å². The van der Waals surface area contributed by atoms with E-state index in [9.17, 15) is 4.79 Å². The number of hydrogen-bond donors (Lipinski definition) is 1. The Hall–Kier alpha value is -2.99. The first-order chi connectivity index (χ1) is 13.2. The summed E-state index contributed by atoms with van der Waals surface area (Å²) in [6.45, 7) is 1.53. The molecule has 0 bridgehead atoms. The number of esters is 1. The Morgan fingerprint density at radius 3 is 2.70 bits per heavy atom. The van der Waals surface area contributed by atoms with Gasteiger partial charge in [-0.25, -0.2) is 4.79 Å². The molecule has 1 N–H and O–H groups in total. The van der Waals surface area contributed by atoms with Crippen LogP contribution in [-0.4, -0.2) is 40.5 Å². The second kappa shape index (κ2) is 7.72. The lowest BCUT2D eigenvalue weighted by atomic mass is 10.2. The molecular weight excluding hydrogens is 340 g/mol. The van der Waals surface area contributed by atoms with Crippen LogP contribution in [0, 0.1) is 0 Å². The molecule has 0 spiro atoms. The summed E-state index contributed by atoms with van der Waals surface area (Å²) >= 11 is 0. The number of anilines is 1. The molecular formula is C21H22N4O2. The molecule has 6 nitrogen and oxygen atoms in total. The molecule has 0 radical (unpaired) electrons. The highest BCUT2D eigenvalue weighted by molar-refractivity contribution is 5.89. The van der Waals surface area contributed by atoms with Gasteiger partial charge in [0.1, 0.15) is 11.9 Å². The van der Waals surface area contributed by atoms with Crippen molar-refractivity contribution in [3.05, 3.63) is 60.2 Å². The zero-order chi connectivity index (χ0) is 18.6. The Labute approximate surface area is 158 Å². The van der Waals surface area contributed by atoms with Crippen LogP contribution in [-0.2, 0) is 11.3 Å². The second-order valence-electron chi connectivity index (χ2n) is 6.77. The highest BCUT2D eigenvalue weighted by Crippen LogP contribution is 2.24. The third kappa shape index (κ3) is 3.90. The van der Waals surface area contributed by atoms with E-state index < -0.39 is 0 Å². The smallest absolute Gasteiger partial charge is 0.331 e. The van der Waals surface area contributed by atoms with Crippen LogP contribution in [0.2, 0.25) is 0 Å². The van der Waals surface area contributed by atoms with Crippen molar-refractivity contribution in [1.29, 1.82) is 0 Å². The number of rotatable bonds is 5. The van der Waals surface area contributed by atoms with Gasteiger partial charge in [-0.1, -0.05) is 42.5 Å². The molecule has 2 aromatic carbocycles. The lowest BCUT2D eigenvalue weighted by Gasteiger charge is -2.17. The Kier molecular flexibility index (Phi) is 4.98. The average Bonchev–Trinajstić information content (AvgIpc) is 3.13. The van der Waals surface area contributed by atoms with Gasteiger partial charge in [-0.3, -0.25) is 4.90 Å². The average molecular weight is 362 g/mol. The van der Waals surface area contributed by atoms with Crippen molar-refractivity contribution in [3.8, 4) is 6.01 Å². The Morgan fingerprint density at radius 2 is 1.93 bits per heavy atom. The maximum Gasteiger partial charge on any atom is 0.331 e. The first-order valence-corrected chi connectivity index (χ1v) is 9.17. The number of ether oxygens (including phenoxy) is 1. The van der Waals surface area contributed by atoms with Crippen molar-refractivity contribution in [2.24, 2.45) is 0 Å². The number of likely N-dealkylation sites (tertiary alicyclic amines) is 1. The highest BCUT2D eigenvalue weighted by Gasteiger charge is 2.30. The van der Waals surface area contributed by atoms with E-state index in [0.29, 0.717) is 12.4 Å². The fraction of sp³-hybridized carbons (Fsp3) is 0.286. The minimum atomic E-state index is -0.292. The van der Waals surface area contributed by atoms with Crippen molar-refractivity contribution >= 4 is 22.7 Å². The zero-order valence-electron chi connectivity index (χ0n) is 15.3. The van der Waals surface area contributed by atoms with Crippen molar-refractivity contribution in [3.63, 3.8) is 0 Å². The third-order valence-electron chi connectivity index (χ3n) is 4.87. The molecule has 4 rings (SSSR count). The summed E-state index contributed by atoms with van der Waals surface area (Å²) in [5, 5.41) is 4.24. The van der Waals surface area contributed by atoms with Crippen LogP contribution in [0.1, 0.15) is 18.4 Å². The van der Waals surface area contributed by atoms with Crippen LogP contribution in [0.3, 0.4) is 0 Å². The van der Waals surface area contributed by atoms with Crippen molar-refractivity contribution in [2.75, 3.05) is 18.9 Å². The number of benzene rings is 2. The van der Waals surface area contributed by atoms with E-state index in [0.717, 1.165) is 35.9 Å². The van der Waals surface area contributed by atoms with Crippen LogP contribution in [0.25, 0.3) is 10.9 Å². The van der Waals surface area contributed by atoms with Gasteiger partial charge in [0.05, 0.1) is 5.52 Å². The summed E-state index contributed by atoms with van der Waals surface area (Å²) < 4.78 is 5.53. The molecule has 1 fully saturated rings. The molecule has 0 saturated carbocycles. The third-order valence-corrected chi connectivity index (χ3v) is 4.87. The number of nitrogens with zero attached hydrogens (tertiary/aromatic N) is 3. The number of nitrogens with one attached hydrogen (secondary N) is 1. The Balaban J connectivity index is 1.59. The van der Waals surface area contributed by atoms with E-state index in [1.807, 2.05) is 66.5 Å². The molecule has 6 heteroatoms. The van der Waals surface area contributed by atoms with Gasteiger partial charge in [-0.2, -0.15) is 9.97 Å². The van der Waals surface area contributed by atoms with Crippen LogP contribution < -0.4 is 10.1 Å². The standard InChI is InChI=1S/C21H22N4O2/c1-25-13-7-12-18(25)20(26)27-21-23-17-11-6-5-10-16(17)19(24-21)22-14-15-8-3-2-4-9-15/h2-6,8-11,18H,7,12-14H2,1H3,(H,22,23,24)/t18-/m0/s1. The van der Waals surface area contributed by atoms with E-state index in [-0.39, 0.29) is 18.0 Å². The number of para-hydroxylation sites is 1. The number of fused-ring (bicyclic) bond motifs is 1. The van der Waals surface area contributed by atoms with Crippen molar-refractivity contribution in [2.45, 2.75) is 25.4 Å². The Bertz CT molecular complexity index is 945. The van der Waals surface area contributed by atoms with Crippen LogP contribution >= 0.6 is 0 Å². The summed E-state index contributed by atoms with van der Waals surface area (Å²) in [5.74, 6) is 0.367. The van der Waals surface area contributed by atoms with Crippen molar-refractivity contribution in [1.82, 2.24) is 14.9 Å². The SMILES string of the molecule is CN1CCC[C@H]1C(=O)Oc1nc(NCc2ccccc2)c2ccccc2n1.